The lowest BCUT2D eigenvalue weighted by Crippen LogP contribution is -2.63. The number of rotatable bonds is 10. The van der Waals surface area contributed by atoms with Gasteiger partial charge in [-0.15, -0.1) is 0 Å². The van der Waals surface area contributed by atoms with E-state index in [0.717, 1.165) is 75.3 Å². The molecule has 0 aromatic heterocycles. The molecule has 0 saturated carbocycles. The molecule has 9 heteroatoms. The summed E-state index contributed by atoms with van der Waals surface area (Å²) >= 11 is 12.7. The van der Waals surface area contributed by atoms with Crippen molar-refractivity contribution in [3.05, 3.63) is 74.3 Å². The number of nitrogens with zero attached hydrogens (tertiary/aromatic N) is 5. The van der Waals surface area contributed by atoms with Crippen LogP contribution >= 0.6 is 23.2 Å². The molecule has 4 rings (SSSR count). The Kier molecular flexibility index (Phi) is 11.1. The minimum absolute atomic E-state index is 0.0572. The summed E-state index contributed by atoms with van der Waals surface area (Å²) in [5.74, 6) is 0.106. The van der Waals surface area contributed by atoms with Crippen molar-refractivity contribution in [3.8, 4) is 6.07 Å². The molecule has 0 radical (unpaired) electrons. The van der Waals surface area contributed by atoms with Crippen molar-refractivity contribution in [3.63, 3.8) is 0 Å². The highest BCUT2D eigenvalue weighted by Gasteiger charge is 2.34. The summed E-state index contributed by atoms with van der Waals surface area (Å²) in [5.41, 5.74) is 3.84. The first-order valence-electron chi connectivity index (χ1n) is 14.7. The summed E-state index contributed by atoms with van der Waals surface area (Å²) in [6, 6.07) is 12.0. The summed E-state index contributed by atoms with van der Waals surface area (Å²) in [4.78, 5) is 34.1. The molecule has 7 nitrogen and oxygen atoms in total. The number of amides is 2. The summed E-state index contributed by atoms with van der Waals surface area (Å²) in [7, 11) is 1.83. The largest absolute Gasteiger partial charge is 0.341 e. The molecular weight excluding hydrogens is 569 g/mol. The van der Waals surface area contributed by atoms with E-state index in [-0.39, 0.29) is 17.7 Å². The third-order valence-corrected chi connectivity index (χ3v) is 9.27. The molecule has 2 aromatic carbocycles. The van der Waals surface area contributed by atoms with Crippen LogP contribution < -0.4 is 0 Å². The molecular formula is C33H41Cl2N5O2. The first-order valence-corrected chi connectivity index (χ1v) is 15.5. The van der Waals surface area contributed by atoms with Gasteiger partial charge in [0.15, 0.2) is 0 Å². The Hall–Kier alpha value is -2.89. The molecule has 0 aliphatic carbocycles. The van der Waals surface area contributed by atoms with Crippen molar-refractivity contribution >= 4 is 41.1 Å². The summed E-state index contributed by atoms with van der Waals surface area (Å²) in [6.45, 7) is 12.5. The Morgan fingerprint density at radius 1 is 1.12 bits per heavy atom. The maximum atomic E-state index is 13.8. The van der Waals surface area contributed by atoms with Crippen LogP contribution in [0.1, 0.15) is 65.2 Å². The number of carbonyl (C=O) groups is 2. The van der Waals surface area contributed by atoms with Crippen LogP contribution in [0.15, 0.2) is 36.4 Å². The van der Waals surface area contributed by atoms with Crippen molar-refractivity contribution < 1.29 is 9.59 Å². The number of benzene rings is 2. The van der Waals surface area contributed by atoms with Gasteiger partial charge in [0.05, 0.1) is 21.7 Å². The minimum Gasteiger partial charge on any atom is -0.341 e. The number of aryl methyl sites for hydroxylation is 1. The van der Waals surface area contributed by atoms with E-state index in [9.17, 15) is 14.9 Å². The predicted octanol–water partition coefficient (Wildman–Crippen LogP) is 5.69. The third kappa shape index (κ3) is 7.73. The van der Waals surface area contributed by atoms with E-state index in [1.807, 2.05) is 55.3 Å². The SMILES string of the molecule is CC/C=C\c1c(C)cc(C#N)cc1C(=O)N(C)C[C@@H](CCN1CC(N2CCN(C(C)=O)CC2)C1)c1ccc(Cl)c(Cl)c1. The van der Waals surface area contributed by atoms with Gasteiger partial charge in [-0.3, -0.25) is 14.5 Å². The molecule has 0 bridgehead atoms. The molecule has 224 valence electrons. The molecule has 42 heavy (non-hydrogen) atoms. The van der Waals surface area contributed by atoms with Crippen LogP contribution in [0.2, 0.25) is 10.0 Å². The van der Waals surface area contributed by atoms with Crippen LogP contribution in [0.3, 0.4) is 0 Å². The van der Waals surface area contributed by atoms with E-state index in [4.69, 9.17) is 23.2 Å². The van der Waals surface area contributed by atoms with E-state index in [2.05, 4.69) is 22.8 Å². The van der Waals surface area contributed by atoms with Gasteiger partial charge >= 0.3 is 0 Å². The fraction of sp³-hybridized carbons (Fsp3) is 0.485. The Labute approximate surface area is 260 Å². The van der Waals surface area contributed by atoms with Gasteiger partial charge in [-0.2, -0.15) is 5.26 Å². The van der Waals surface area contributed by atoms with Crippen LogP contribution in [-0.4, -0.2) is 96.9 Å². The lowest BCUT2D eigenvalue weighted by molar-refractivity contribution is -0.131. The van der Waals surface area contributed by atoms with E-state index >= 15 is 0 Å². The van der Waals surface area contributed by atoms with Gasteiger partial charge in [0, 0.05) is 77.3 Å². The zero-order valence-corrected chi connectivity index (χ0v) is 26.6. The fourth-order valence-corrected chi connectivity index (χ4v) is 6.25. The highest BCUT2D eigenvalue weighted by atomic mass is 35.5. The molecule has 1 atom stereocenters. The molecule has 0 unspecified atom stereocenters. The second-order valence-corrected chi connectivity index (χ2v) is 12.3. The molecule has 2 amide bonds. The number of halogens is 2. The molecule has 2 fully saturated rings. The summed E-state index contributed by atoms with van der Waals surface area (Å²) in [5, 5.41) is 10.6. The smallest absolute Gasteiger partial charge is 0.254 e. The Morgan fingerprint density at radius 2 is 1.83 bits per heavy atom. The monoisotopic (exact) mass is 609 g/mol. The molecule has 2 aliphatic rings. The van der Waals surface area contributed by atoms with E-state index in [1.165, 1.54) is 0 Å². The summed E-state index contributed by atoms with van der Waals surface area (Å²) < 4.78 is 0. The molecule has 0 spiro atoms. The van der Waals surface area contributed by atoms with Crippen molar-refractivity contribution in [1.29, 1.82) is 5.26 Å². The number of carbonyl (C=O) groups excluding carboxylic acids is 2. The van der Waals surface area contributed by atoms with Crippen LogP contribution in [0.4, 0.5) is 0 Å². The van der Waals surface area contributed by atoms with Crippen LogP contribution in [-0.2, 0) is 4.79 Å². The quantitative estimate of drug-likeness (QED) is 0.346. The molecule has 0 N–H and O–H groups in total. The van der Waals surface area contributed by atoms with Crippen molar-refractivity contribution in [2.24, 2.45) is 0 Å². The van der Waals surface area contributed by atoms with Crippen molar-refractivity contribution in [2.45, 2.75) is 45.6 Å². The van der Waals surface area contributed by atoms with E-state index < -0.39 is 0 Å². The van der Waals surface area contributed by atoms with Gasteiger partial charge in [-0.05, 0) is 67.3 Å². The topological polar surface area (TPSA) is 70.9 Å². The standard InChI is InChI=1S/C33H41Cl2N5O2/c1-5-6-7-29-23(2)16-25(19-36)17-30(29)33(42)37(4)20-27(26-8-9-31(34)32(35)18-26)10-11-38-21-28(22-38)40-14-12-39(13-15-40)24(3)41/h6-9,16-18,27-28H,5,10-15,20-22H2,1-4H3/b7-6-/t27-/m1/s1. The zero-order valence-electron chi connectivity index (χ0n) is 25.1. The first-order chi connectivity index (χ1) is 20.1. The Morgan fingerprint density at radius 3 is 2.45 bits per heavy atom. The maximum absolute atomic E-state index is 13.8. The average molecular weight is 611 g/mol. The van der Waals surface area contributed by atoms with Crippen molar-refractivity contribution in [2.75, 3.05) is 59.4 Å². The molecule has 2 heterocycles. The first kappa shape index (κ1) is 32.0. The number of hydrogen-bond acceptors (Lipinski definition) is 5. The lowest BCUT2D eigenvalue weighted by atomic mass is 9.93. The number of likely N-dealkylation sites (tertiary alicyclic amines) is 1. The molecule has 2 aromatic rings. The van der Waals surface area contributed by atoms with Crippen LogP contribution in [0.25, 0.3) is 6.08 Å². The second kappa shape index (κ2) is 14.5. The highest BCUT2D eigenvalue weighted by molar-refractivity contribution is 6.42. The molecule has 2 aliphatic heterocycles. The maximum Gasteiger partial charge on any atom is 0.254 e. The molecule has 2 saturated heterocycles. The normalized spacial score (nSPS) is 17.2. The second-order valence-electron chi connectivity index (χ2n) is 11.5. The highest BCUT2D eigenvalue weighted by Crippen LogP contribution is 2.30. The average Bonchev–Trinajstić information content (AvgIpc) is 2.95. The van der Waals surface area contributed by atoms with Crippen LogP contribution in [0.5, 0.6) is 0 Å². The van der Waals surface area contributed by atoms with Gasteiger partial charge in [-0.1, -0.05) is 48.3 Å². The number of likely N-dealkylation sites (N-methyl/N-ethyl adjacent to an activating group) is 1. The number of allylic oxidation sites excluding steroid dienone is 1. The van der Waals surface area contributed by atoms with Gasteiger partial charge < -0.3 is 14.7 Å². The number of piperazine rings is 1. The zero-order chi connectivity index (χ0) is 30.4. The minimum atomic E-state index is -0.107. The predicted molar refractivity (Wildman–Crippen MR) is 170 cm³/mol. The van der Waals surface area contributed by atoms with Gasteiger partial charge in [0.1, 0.15) is 0 Å². The number of nitriles is 1. The van der Waals surface area contributed by atoms with Crippen molar-refractivity contribution in [1.82, 2.24) is 19.6 Å². The third-order valence-electron chi connectivity index (χ3n) is 8.53. The number of hydrogen-bond donors (Lipinski definition) is 0. The van der Waals surface area contributed by atoms with Gasteiger partial charge in [0.25, 0.3) is 5.91 Å². The van der Waals surface area contributed by atoms with E-state index in [0.29, 0.717) is 33.8 Å². The lowest BCUT2D eigenvalue weighted by Gasteiger charge is -2.48. The van der Waals surface area contributed by atoms with E-state index in [1.54, 1.807) is 17.9 Å². The Bertz CT molecular complexity index is 1360. The van der Waals surface area contributed by atoms with Crippen LogP contribution in [0, 0.1) is 18.3 Å². The van der Waals surface area contributed by atoms with Gasteiger partial charge in [0.2, 0.25) is 5.91 Å². The fourth-order valence-electron chi connectivity index (χ4n) is 5.94. The summed E-state index contributed by atoms with van der Waals surface area (Å²) in [6.07, 6.45) is 5.73. The Balaban J connectivity index is 1.44. The van der Waals surface area contributed by atoms with Gasteiger partial charge in [-0.25, -0.2) is 0 Å².